The van der Waals surface area contributed by atoms with E-state index >= 15 is 0 Å². The number of alkyl halides is 3. The molecular formula is C23H32F4O4. The highest BCUT2D eigenvalue weighted by Crippen LogP contribution is 2.35. The zero-order chi connectivity index (χ0) is 23.5. The van der Waals surface area contributed by atoms with E-state index in [1.165, 1.54) is 46.0 Å². The van der Waals surface area contributed by atoms with E-state index in [-0.39, 0.29) is 6.61 Å². The minimum Gasteiger partial charge on any atom is -0.465 e. The third kappa shape index (κ3) is 8.87. The fourth-order valence-corrected chi connectivity index (χ4v) is 2.88. The summed E-state index contributed by atoms with van der Waals surface area (Å²) in [4.78, 5) is 24.5. The van der Waals surface area contributed by atoms with Crippen LogP contribution in [0.2, 0.25) is 0 Å². The van der Waals surface area contributed by atoms with Crippen molar-refractivity contribution in [2.24, 2.45) is 5.41 Å². The molecule has 1 rings (SSSR count). The molecule has 176 valence electrons. The summed E-state index contributed by atoms with van der Waals surface area (Å²) < 4.78 is 62.3. The zero-order valence-electron chi connectivity index (χ0n) is 18.4. The summed E-state index contributed by atoms with van der Waals surface area (Å²) in [5.41, 5.74) is -3.34. The monoisotopic (exact) mass is 448 g/mol. The van der Waals surface area contributed by atoms with Crippen LogP contribution >= 0.6 is 0 Å². The number of hydrogen-bond acceptors (Lipinski definition) is 4. The minimum absolute atomic E-state index is 0.128. The number of benzene rings is 1. The first-order valence-electron chi connectivity index (χ1n) is 10.8. The van der Waals surface area contributed by atoms with Crippen molar-refractivity contribution in [1.82, 2.24) is 0 Å². The normalized spacial score (nSPS) is 12.0. The van der Waals surface area contributed by atoms with Crippen LogP contribution in [0.25, 0.3) is 0 Å². The van der Waals surface area contributed by atoms with Crippen LogP contribution in [-0.4, -0.2) is 18.5 Å². The van der Waals surface area contributed by atoms with Crippen LogP contribution in [0.4, 0.5) is 17.6 Å². The molecule has 0 aliphatic heterocycles. The van der Waals surface area contributed by atoms with Gasteiger partial charge in [0.15, 0.2) is 17.0 Å². The predicted molar refractivity (Wildman–Crippen MR) is 109 cm³/mol. The maximum atomic E-state index is 14.0. The molecule has 0 N–H and O–H groups in total. The van der Waals surface area contributed by atoms with Gasteiger partial charge in [0.1, 0.15) is 0 Å². The molecule has 0 spiro atoms. The van der Waals surface area contributed by atoms with Crippen molar-refractivity contribution in [2.45, 2.75) is 84.7 Å². The van der Waals surface area contributed by atoms with E-state index < -0.39 is 40.7 Å². The lowest BCUT2D eigenvalue weighted by Crippen LogP contribution is -2.38. The average molecular weight is 448 g/mol. The van der Waals surface area contributed by atoms with Gasteiger partial charge in [0.05, 0.1) is 12.2 Å². The molecule has 0 saturated carbocycles. The van der Waals surface area contributed by atoms with Gasteiger partial charge in [-0.1, -0.05) is 64.4 Å². The van der Waals surface area contributed by atoms with E-state index in [0.29, 0.717) is 12.5 Å². The molecule has 0 bridgehead atoms. The first-order chi connectivity index (χ1) is 14.5. The SMILES string of the molecule is CCCCCCCCCCCOC(=O)C(C)(C)C(=O)Oc1cccc(C(F)(F)F)c1F. The molecule has 4 nitrogen and oxygen atoms in total. The number of hydrogen-bond donors (Lipinski definition) is 0. The molecular weight excluding hydrogens is 416 g/mol. The molecule has 0 aromatic heterocycles. The van der Waals surface area contributed by atoms with Gasteiger partial charge in [-0.25, -0.2) is 4.39 Å². The Kier molecular flexibility index (Phi) is 11.0. The molecule has 1 aromatic rings. The molecule has 0 atom stereocenters. The van der Waals surface area contributed by atoms with Gasteiger partial charge in [-0.2, -0.15) is 13.2 Å². The van der Waals surface area contributed by atoms with Crippen molar-refractivity contribution in [3.8, 4) is 5.75 Å². The molecule has 0 aliphatic rings. The summed E-state index contributed by atoms with van der Waals surface area (Å²) >= 11 is 0. The van der Waals surface area contributed by atoms with Gasteiger partial charge < -0.3 is 9.47 Å². The van der Waals surface area contributed by atoms with E-state index in [0.717, 1.165) is 31.4 Å². The molecule has 0 radical (unpaired) electrons. The summed E-state index contributed by atoms with van der Waals surface area (Å²) in [5, 5.41) is 0. The molecule has 1 aromatic carbocycles. The van der Waals surface area contributed by atoms with Crippen molar-refractivity contribution >= 4 is 11.9 Å². The van der Waals surface area contributed by atoms with E-state index in [1.807, 2.05) is 0 Å². The lowest BCUT2D eigenvalue weighted by Gasteiger charge is -2.21. The summed E-state index contributed by atoms with van der Waals surface area (Å²) in [6.45, 7) is 4.74. The number of carbonyl (C=O) groups is 2. The topological polar surface area (TPSA) is 52.6 Å². The van der Waals surface area contributed by atoms with Crippen molar-refractivity contribution in [1.29, 1.82) is 0 Å². The standard InChI is InChI=1S/C23H32F4O4/c1-4-5-6-7-8-9-10-11-12-16-30-20(28)22(2,3)21(29)31-18-15-13-14-17(19(18)24)23(25,26)27/h13-15H,4-12,16H2,1-3H3. The number of ether oxygens (including phenoxy) is 2. The quantitative estimate of drug-likeness (QED) is 0.109. The van der Waals surface area contributed by atoms with Gasteiger partial charge in [0, 0.05) is 0 Å². The Morgan fingerprint density at radius 2 is 1.42 bits per heavy atom. The first-order valence-corrected chi connectivity index (χ1v) is 10.8. The largest absolute Gasteiger partial charge is 0.465 e. The summed E-state index contributed by atoms with van der Waals surface area (Å²) in [5.74, 6) is -4.66. The number of rotatable bonds is 13. The highest BCUT2D eigenvalue weighted by molar-refractivity contribution is 5.99. The van der Waals surface area contributed by atoms with E-state index in [4.69, 9.17) is 9.47 Å². The maximum Gasteiger partial charge on any atom is 0.419 e. The average Bonchev–Trinajstić information content (AvgIpc) is 2.69. The fourth-order valence-electron chi connectivity index (χ4n) is 2.88. The first kappa shape index (κ1) is 26.9. The third-order valence-corrected chi connectivity index (χ3v) is 4.97. The Balaban J connectivity index is 2.45. The molecule has 8 heteroatoms. The summed E-state index contributed by atoms with van der Waals surface area (Å²) in [6, 6.07) is 2.35. The van der Waals surface area contributed by atoms with E-state index in [2.05, 4.69) is 6.92 Å². The van der Waals surface area contributed by atoms with Crippen LogP contribution in [-0.2, 0) is 20.5 Å². The van der Waals surface area contributed by atoms with E-state index in [9.17, 15) is 27.2 Å². The second-order valence-electron chi connectivity index (χ2n) is 8.09. The second kappa shape index (κ2) is 12.7. The molecule has 0 unspecified atom stereocenters. The van der Waals surface area contributed by atoms with Gasteiger partial charge in [0.2, 0.25) is 0 Å². The molecule has 0 fully saturated rings. The molecule has 0 saturated heterocycles. The zero-order valence-corrected chi connectivity index (χ0v) is 18.4. The Morgan fingerprint density at radius 1 is 0.871 bits per heavy atom. The summed E-state index contributed by atoms with van der Waals surface area (Å²) in [6.07, 6.45) is 4.90. The Labute approximate surface area is 181 Å². The Bertz CT molecular complexity index is 714. The Morgan fingerprint density at radius 3 is 1.97 bits per heavy atom. The van der Waals surface area contributed by atoms with Crippen molar-refractivity contribution in [2.75, 3.05) is 6.61 Å². The maximum absolute atomic E-state index is 14.0. The van der Waals surface area contributed by atoms with Crippen LogP contribution in [0.1, 0.15) is 84.1 Å². The second-order valence-corrected chi connectivity index (χ2v) is 8.09. The highest BCUT2D eigenvalue weighted by atomic mass is 19.4. The number of carbonyl (C=O) groups excluding carboxylic acids is 2. The van der Waals surface area contributed by atoms with Crippen LogP contribution in [0.3, 0.4) is 0 Å². The lowest BCUT2D eigenvalue weighted by molar-refractivity contribution is -0.165. The minimum atomic E-state index is -4.93. The van der Waals surface area contributed by atoms with Crippen LogP contribution in [0.15, 0.2) is 18.2 Å². The highest BCUT2D eigenvalue weighted by Gasteiger charge is 2.41. The van der Waals surface area contributed by atoms with Crippen molar-refractivity contribution in [3.05, 3.63) is 29.6 Å². The third-order valence-electron chi connectivity index (χ3n) is 4.97. The van der Waals surface area contributed by atoms with Gasteiger partial charge in [0.25, 0.3) is 0 Å². The number of unbranched alkanes of at least 4 members (excludes halogenated alkanes) is 8. The predicted octanol–water partition coefficient (Wildman–Crippen LogP) is 6.85. The van der Waals surface area contributed by atoms with Gasteiger partial charge in [-0.05, 0) is 32.4 Å². The van der Waals surface area contributed by atoms with Crippen LogP contribution < -0.4 is 4.74 Å². The lowest BCUT2D eigenvalue weighted by atomic mass is 9.94. The fraction of sp³-hybridized carbons (Fsp3) is 0.652. The molecule has 31 heavy (non-hydrogen) atoms. The smallest absolute Gasteiger partial charge is 0.419 e. The molecule has 0 amide bonds. The van der Waals surface area contributed by atoms with Crippen molar-refractivity contribution < 1.29 is 36.6 Å². The molecule has 0 aliphatic carbocycles. The Hall–Kier alpha value is -2.12. The van der Waals surface area contributed by atoms with Gasteiger partial charge in [-0.3, -0.25) is 9.59 Å². The number of esters is 2. The van der Waals surface area contributed by atoms with Gasteiger partial charge in [-0.15, -0.1) is 0 Å². The van der Waals surface area contributed by atoms with Crippen LogP contribution in [0.5, 0.6) is 5.75 Å². The van der Waals surface area contributed by atoms with E-state index in [1.54, 1.807) is 0 Å². The number of halogens is 4. The molecule has 0 heterocycles. The van der Waals surface area contributed by atoms with Crippen molar-refractivity contribution in [3.63, 3.8) is 0 Å². The van der Waals surface area contributed by atoms with Crippen LogP contribution in [0, 0.1) is 11.2 Å². The van der Waals surface area contributed by atoms with Gasteiger partial charge >= 0.3 is 18.1 Å². The summed E-state index contributed by atoms with van der Waals surface area (Å²) in [7, 11) is 0.